The van der Waals surface area contributed by atoms with Gasteiger partial charge in [-0.3, -0.25) is 0 Å². The van der Waals surface area contributed by atoms with E-state index in [2.05, 4.69) is 38.8 Å². The van der Waals surface area contributed by atoms with Gasteiger partial charge in [0.2, 0.25) is 0 Å². The van der Waals surface area contributed by atoms with Gasteiger partial charge in [0.15, 0.2) is 8.32 Å². The molecule has 1 N–H and O–H groups in total. The van der Waals surface area contributed by atoms with Crippen molar-refractivity contribution in [1.29, 1.82) is 0 Å². The zero-order valence-electron chi connectivity index (χ0n) is 14.2. The molecule has 0 aromatic rings. The molecular formula is C11H32O4SSi4. The first-order valence-corrected chi connectivity index (χ1v) is 19.4. The van der Waals surface area contributed by atoms with Crippen molar-refractivity contribution in [3.63, 3.8) is 0 Å². The molecule has 0 aliphatic heterocycles. The van der Waals surface area contributed by atoms with Gasteiger partial charge in [0.05, 0.1) is 0 Å². The van der Waals surface area contributed by atoms with E-state index in [4.69, 9.17) is 12.3 Å². The first kappa shape index (κ1) is 21.1. The van der Waals surface area contributed by atoms with Crippen molar-refractivity contribution in [2.75, 3.05) is 5.75 Å². The second kappa shape index (κ2) is 7.55. The Bertz CT molecular complexity index is 304. The smallest absolute Gasteiger partial charge is 0.320 e. The summed E-state index contributed by atoms with van der Waals surface area (Å²) in [6.07, 6.45) is 0.987. The molecule has 0 aromatic carbocycles. The summed E-state index contributed by atoms with van der Waals surface area (Å²) in [5, 5.41) is 0. The lowest BCUT2D eigenvalue weighted by Gasteiger charge is -2.40. The highest BCUT2D eigenvalue weighted by atomic mass is 32.1. The summed E-state index contributed by atoms with van der Waals surface area (Å²) in [4.78, 5) is 10.0. The molecule has 0 bridgehead atoms. The molecule has 0 radical (unpaired) electrons. The molecule has 0 aliphatic carbocycles. The van der Waals surface area contributed by atoms with Gasteiger partial charge in [0.1, 0.15) is 0 Å². The Kier molecular flexibility index (Phi) is 7.95. The Morgan fingerprint density at radius 1 is 0.850 bits per heavy atom. The molecule has 1 unspecified atom stereocenters. The predicted molar refractivity (Wildman–Crippen MR) is 98.7 cm³/mol. The van der Waals surface area contributed by atoms with E-state index in [-0.39, 0.29) is 0 Å². The number of thiol groups is 1. The maximum absolute atomic E-state index is 10.0. The van der Waals surface area contributed by atoms with Gasteiger partial charge < -0.3 is 17.1 Å². The summed E-state index contributed by atoms with van der Waals surface area (Å²) in [6.45, 7) is 16.2. The minimum atomic E-state index is -2.58. The Hall–Kier alpha value is 1.06. The molecular weight excluding hydrogens is 341 g/mol. The highest BCUT2D eigenvalue weighted by Crippen LogP contribution is 2.27. The third kappa shape index (κ3) is 10.7. The Balaban J connectivity index is 4.96. The van der Waals surface area contributed by atoms with E-state index in [1.165, 1.54) is 0 Å². The van der Waals surface area contributed by atoms with Crippen LogP contribution >= 0.6 is 12.6 Å². The van der Waals surface area contributed by atoms with Crippen LogP contribution in [0.5, 0.6) is 0 Å². The molecule has 122 valence electrons. The van der Waals surface area contributed by atoms with Crippen LogP contribution in [-0.4, -0.2) is 44.5 Å². The number of rotatable bonds is 9. The number of hydrogen-bond donors (Lipinski definition) is 2. The minimum Gasteiger partial charge on any atom is -0.437 e. The fraction of sp³-hybridized carbons (Fsp3) is 1.00. The van der Waals surface area contributed by atoms with Crippen molar-refractivity contribution in [2.24, 2.45) is 0 Å². The van der Waals surface area contributed by atoms with Crippen LogP contribution in [0.25, 0.3) is 0 Å². The van der Waals surface area contributed by atoms with Crippen molar-refractivity contribution >= 4 is 46.6 Å². The van der Waals surface area contributed by atoms with Gasteiger partial charge in [-0.25, -0.2) is 0 Å². The van der Waals surface area contributed by atoms with Crippen LogP contribution in [0.2, 0.25) is 58.4 Å². The molecule has 0 heterocycles. The molecule has 1 atom stereocenters. The van der Waals surface area contributed by atoms with Gasteiger partial charge >= 0.3 is 25.7 Å². The highest BCUT2D eigenvalue weighted by molar-refractivity contribution is 7.80. The van der Waals surface area contributed by atoms with Crippen molar-refractivity contribution in [3.05, 3.63) is 0 Å². The van der Waals surface area contributed by atoms with Crippen LogP contribution in [0.1, 0.15) is 6.42 Å². The molecule has 0 amide bonds. The highest BCUT2D eigenvalue weighted by Gasteiger charge is 2.44. The molecule has 9 heteroatoms. The predicted octanol–water partition coefficient (Wildman–Crippen LogP) is 3.66. The topological polar surface area (TPSA) is 47.9 Å². The lowest BCUT2D eigenvalue weighted by atomic mass is 10.6. The maximum Gasteiger partial charge on any atom is 0.320 e. The SMILES string of the molecule is C[Si](C)(C)O[Si](C)(CCCS)O[Si](C)(C)O[Si](C)(C)O. The molecule has 0 saturated carbocycles. The maximum atomic E-state index is 10.0. The molecule has 4 nitrogen and oxygen atoms in total. The Morgan fingerprint density at radius 3 is 1.70 bits per heavy atom. The molecule has 0 aliphatic rings. The summed E-state index contributed by atoms with van der Waals surface area (Å²) in [5.74, 6) is 0.837. The third-order valence-electron chi connectivity index (χ3n) is 2.27. The fourth-order valence-electron chi connectivity index (χ4n) is 2.31. The van der Waals surface area contributed by atoms with Gasteiger partial charge in [0, 0.05) is 0 Å². The lowest BCUT2D eigenvalue weighted by molar-refractivity contribution is 0.292. The summed E-state index contributed by atoms with van der Waals surface area (Å²) < 4.78 is 18.7. The summed E-state index contributed by atoms with van der Waals surface area (Å²) in [6, 6.07) is 0.925. The average Bonchev–Trinajstić information content (AvgIpc) is 2.05. The summed E-state index contributed by atoms with van der Waals surface area (Å²) in [7, 11) is -8.91. The van der Waals surface area contributed by atoms with Crippen LogP contribution in [0.15, 0.2) is 0 Å². The first-order valence-electron chi connectivity index (χ1n) is 7.12. The molecule has 0 aromatic heterocycles. The third-order valence-corrected chi connectivity index (χ3v) is 15.7. The van der Waals surface area contributed by atoms with Crippen LogP contribution in [0, 0.1) is 0 Å². The van der Waals surface area contributed by atoms with Crippen LogP contribution < -0.4 is 0 Å². The normalized spacial score (nSPS) is 17.1. The van der Waals surface area contributed by atoms with Crippen LogP contribution in [-0.2, 0) is 12.3 Å². The van der Waals surface area contributed by atoms with E-state index in [1.807, 2.05) is 13.1 Å². The van der Waals surface area contributed by atoms with Gasteiger partial charge in [0.25, 0.3) is 0 Å². The Morgan fingerprint density at radius 2 is 1.35 bits per heavy atom. The minimum absolute atomic E-state index is 0.837. The van der Waals surface area contributed by atoms with E-state index < -0.39 is 34.0 Å². The second-order valence-corrected chi connectivity index (χ2v) is 22.8. The second-order valence-electron chi connectivity index (χ2n) is 7.23. The largest absolute Gasteiger partial charge is 0.437 e. The van der Waals surface area contributed by atoms with E-state index >= 15 is 0 Å². The summed E-state index contributed by atoms with van der Waals surface area (Å²) in [5.41, 5.74) is 0. The van der Waals surface area contributed by atoms with Crippen molar-refractivity contribution in [3.8, 4) is 0 Å². The Labute approximate surface area is 134 Å². The van der Waals surface area contributed by atoms with Crippen LogP contribution in [0.4, 0.5) is 0 Å². The van der Waals surface area contributed by atoms with Crippen molar-refractivity contribution < 1.29 is 17.1 Å². The van der Waals surface area contributed by atoms with Crippen molar-refractivity contribution in [2.45, 2.75) is 64.8 Å². The standard InChI is InChI=1S/C11H32O4SSi4/c1-17(2,3)13-20(8,11-9-10-16)15-19(6,7)14-18(4,5)12/h12,16H,9-11H2,1-8H3. The molecule has 0 fully saturated rings. The van der Waals surface area contributed by atoms with E-state index in [0.29, 0.717) is 0 Å². The quantitative estimate of drug-likeness (QED) is 0.479. The molecule has 0 spiro atoms. The van der Waals surface area contributed by atoms with Crippen LogP contribution in [0.3, 0.4) is 0 Å². The van der Waals surface area contributed by atoms with Gasteiger partial charge in [-0.15, -0.1) is 0 Å². The van der Waals surface area contributed by atoms with Gasteiger partial charge in [-0.05, 0) is 70.6 Å². The summed E-state index contributed by atoms with van der Waals surface area (Å²) >= 11 is 4.29. The zero-order valence-corrected chi connectivity index (χ0v) is 19.1. The molecule has 20 heavy (non-hydrogen) atoms. The lowest BCUT2D eigenvalue weighted by Crippen LogP contribution is -2.57. The van der Waals surface area contributed by atoms with Gasteiger partial charge in [-0.1, -0.05) is 0 Å². The first-order chi connectivity index (χ1) is 8.68. The zero-order chi connectivity index (χ0) is 16.2. The molecule has 0 rings (SSSR count). The number of hydrogen-bond acceptors (Lipinski definition) is 5. The van der Waals surface area contributed by atoms with E-state index in [0.717, 1.165) is 18.2 Å². The molecule has 0 saturated heterocycles. The fourth-order valence-corrected chi connectivity index (χ4v) is 19.6. The average molecular weight is 373 g/mol. The van der Waals surface area contributed by atoms with Gasteiger partial charge in [-0.2, -0.15) is 12.6 Å². The van der Waals surface area contributed by atoms with E-state index in [9.17, 15) is 4.80 Å². The van der Waals surface area contributed by atoms with E-state index in [1.54, 1.807) is 13.1 Å². The monoisotopic (exact) mass is 372 g/mol. The van der Waals surface area contributed by atoms with Crippen molar-refractivity contribution in [1.82, 2.24) is 0 Å².